The summed E-state index contributed by atoms with van der Waals surface area (Å²) in [5.41, 5.74) is 2.31. The molecule has 2 aromatic carbocycles. The van der Waals surface area contributed by atoms with Gasteiger partial charge in [-0.3, -0.25) is 0 Å². The second-order valence-corrected chi connectivity index (χ2v) is 5.84. The third-order valence-electron chi connectivity index (χ3n) is 3.45. The molecule has 0 saturated heterocycles. The first-order valence-corrected chi connectivity index (χ1v) is 7.72. The first-order chi connectivity index (χ1) is 10.1. The van der Waals surface area contributed by atoms with E-state index in [9.17, 15) is 10.2 Å². The largest absolute Gasteiger partial charge is 0.508 e. The predicted octanol–water partition coefficient (Wildman–Crippen LogP) is 4.43. The van der Waals surface area contributed by atoms with Crippen LogP contribution in [-0.4, -0.2) is 17.3 Å². The van der Waals surface area contributed by atoms with Crippen molar-refractivity contribution >= 4 is 15.9 Å². The quantitative estimate of drug-likeness (QED) is 0.757. The number of hydrogen-bond donors (Lipinski definition) is 2. The molecule has 21 heavy (non-hydrogen) atoms. The molecule has 4 heteroatoms. The monoisotopic (exact) mass is 350 g/mol. The molecule has 0 aliphatic heterocycles. The predicted molar refractivity (Wildman–Crippen MR) is 87.1 cm³/mol. The molecule has 0 aromatic heterocycles. The lowest BCUT2D eigenvalue weighted by Gasteiger charge is -2.09. The maximum atomic E-state index is 9.81. The van der Waals surface area contributed by atoms with E-state index in [2.05, 4.69) is 15.9 Å². The van der Waals surface area contributed by atoms with Gasteiger partial charge in [0.15, 0.2) is 11.5 Å². The number of ether oxygens (including phenoxy) is 1. The number of halogens is 1. The fourth-order valence-corrected chi connectivity index (χ4v) is 2.77. The van der Waals surface area contributed by atoms with E-state index in [-0.39, 0.29) is 5.75 Å². The Bertz CT molecular complexity index is 594. The van der Waals surface area contributed by atoms with Gasteiger partial charge in [-0.15, -0.1) is 0 Å². The van der Waals surface area contributed by atoms with Gasteiger partial charge >= 0.3 is 0 Å². The standard InChI is InChI=1S/C17H19BrO3/c1-21-17-11-15(18)13(10-16(17)20)5-3-2-4-12-6-8-14(19)9-7-12/h6-11,19-20H,2-5H2,1H3. The number of aromatic hydroxyl groups is 2. The Morgan fingerprint density at radius 2 is 1.67 bits per heavy atom. The summed E-state index contributed by atoms with van der Waals surface area (Å²) in [6, 6.07) is 10.9. The number of hydrogen-bond acceptors (Lipinski definition) is 3. The van der Waals surface area contributed by atoms with Crippen LogP contribution >= 0.6 is 15.9 Å². The van der Waals surface area contributed by atoms with Gasteiger partial charge in [0, 0.05) is 4.47 Å². The zero-order chi connectivity index (χ0) is 15.2. The van der Waals surface area contributed by atoms with E-state index >= 15 is 0 Å². The number of methoxy groups -OCH3 is 1. The van der Waals surface area contributed by atoms with Crippen molar-refractivity contribution < 1.29 is 14.9 Å². The van der Waals surface area contributed by atoms with Crippen LogP contribution in [-0.2, 0) is 12.8 Å². The Kier molecular flexibility index (Phi) is 5.51. The molecule has 112 valence electrons. The maximum Gasteiger partial charge on any atom is 0.161 e. The van der Waals surface area contributed by atoms with Crippen molar-refractivity contribution in [1.82, 2.24) is 0 Å². The van der Waals surface area contributed by atoms with Crippen LogP contribution in [0, 0.1) is 0 Å². The van der Waals surface area contributed by atoms with E-state index in [4.69, 9.17) is 4.74 Å². The Morgan fingerprint density at radius 1 is 1.00 bits per heavy atom. The Balaban J connectivity index is 1.86. The zero-order valence-electron chi connectivity index (χ0n) is 12.0. The van der Waals surface area contributed by atoms with Crippen molar-refractivity contribution in [1.29, 1.82) is 0 Å². The molecule has 0 bridgehead atoms. The van der Waals surface area contributed by atoms with Gasteiger partial charge in [0.25, 0.3) is 0 Å². The summed E-state index contributed by atoms with van der Waals surface area (Å²) < 4.78 is 6.03. The minimum Gasteiger partial charge on any atom is -0.508 e. The van der Waals surface area contributed by atoms with E-state index in [1.54, 1.807) is 31.4 Å². The molecule has 0 aliphatic carbocycles. The third kappa shape index (κ3) is 4.39. The number of rotatable bonds is 6. The van der Waals surface area contributed by atoms with E-state index in [1.165, 1.54) is 5.56 Å². The molecule has 0 atom stereocenters. The van der Waals surface area contributed by atoms with Crippen molar-refractivity contribution in [3.8, 4) is 17.2 Å². The van der Waals surface area contributed by atoms with Gasteiger partial charge in [-0.2, -0.15) is 0 Å². The van der Waals surface area contributed by atoms with Crippen LogP contribution in [0.3, 0.4) is 0 Å². The van der Waals surface area contributed by atoms with E-state index in [0.29, 0.717) is 11.5 Å². The van der Waals surface area contributed by atoms with Crippen LogP contribution < -0.4 is 4.74 Å². The van der Waals surface area contributed by atoms with Gasteiger partial charge in [0.2, 0.25) is 0 Å². The lowest BCUT2D eigenvalue weighted by atomic mass is 10.0. The molecule has 3 nitrogen and oxygen atoms in total. The summed E-state index contributed by atoms with van der Waals surface area (Å²) in [4.78, 5) is 0. The lowest BCUT2D eigenvalue weighted by Crippen LogP contribution is -1.92. The molecule has 0 heterocycles. The van der Waals surface area contributed by atoms with Crippen LogP contribution in [0.2, 0.25) is 0 Å². The number of phenolic OH excluding ortho intramolecular Hbond substituents is 2. The molecule has 0 radical (unpaired) electrons. The SMILES string of the molecule is COc1cc(Br)c(CCCCc2ccc(O)cc2)cc1O. The van der Waals surface area contributed by atoms with Crippen molar-refractivity contribution in [2.24, 2.45) is 0 Å². The summed E-state index contributed by atoms with van der Waals surface area (Å²) in [6.45, 7) is 0. The molecular weight excluding hydrogens is 332 g/mol. The molecule has 2 rings (SSSR count). The highest BCUT2D eigenvalue weighted by atomic mass is 79.9. The van der Waals surface area contributed by atoms with Gasteiger partial charge < -0.3 is 14.9 Å². The molecule has 0 spiro atoms. The molecule has 2 N–H and O–H groups in total. The van der Waals surface area contributed by atoms with Crippen molar-refractivity contribution in [3.63, 3.8) is 0 Å². The van der Waals surface area contributed by atoms with Crippen LogP contribution in [0.15, 0.2) is 40.9 Å². The third-order valence-corrected chi connectivity index (χ3v) is 4.18. The molecular formula is C17H19BrO3. The first-order valence-electron chi connectivity index (χ1n) is 6.93. The second-order valence-electron chi connectivity index (χ2n) is 4.99. The van der Waals surface area contributed by atoms with Gasteiger partial charge in [0.1, 0.15) is 5.75 Å². The maximum absolute atomic E-state index is 9.81. The topological polar surface area (TPSA) is 49.7 Å². The lowest BCUT2D eigenvalue weighted by molar-refractivity contribution is 0.372. The summed E-state index contributed by atoms with van der Waals surface area (Å²) in [6.07, 6.45) is 3.98. The first kappa shape index (κ1) is 15.7. The van der Waals surface area contributed by atoms with Crippen molar-refractivity contribution in [3.05, 3.63) is 52.0 Å². The fraction of sp³-hybridized carbons (Fsp3) is 0.294. The highest BCUT2D eigenvalue weighted by Crippen LogP contribution is 2.33. The minimum absolute atomic E-state index is 0.175. The normalized spacial score (nSPS) is 10.6. The van der Waals surface area contributed by atoms with Crippen LogP contribution in [0.25, 0.3) is 0 Å². The smallest absolute Gasteiger partial charge is 0.161 e. The van der Waals surface area contributed by atoms with Crippen LogP contribution in [0.5, 0.6) is 17.2 Å². The van der Waals surface area contributed by atoms with Crippen molar-refractivity contribution in [2.75, 3.05) is 7.11 Å². The minimum atomic E-state index is 0.175. The molecule has 0 fully saturated rings. The van der Waals surface area contributed by atoms with Gasteiger partial charge in [-0.1, -0.05) is 28.1 Å². The second kappa shape index (κ2) is 7.36. The van der Waals surface area contributed by atoms with Crippen LogP contribution in [0.1, 0.15) is 24.0 Å². The highest BCUT2D eigenvalue weighted by molar-refractivity contribution is 9.10. The molecule has 0 aliphatic rings. The van der Waals surface area contributed by atoms with Crippen LogP contribution in [0.4, 0.5) is 0 Å². The number of unbranched alkanes of at least 4 members (excludes halogenated alkanes) is 1. The van der Waals surface area contributed by atoms with Gasteiger partial charge in [-0.25, -0.2) is 0 Å². The summed E-state index contributed by atoms with van der Waals surface area (Å²) in [5.74, 6) is 0.959. The van der Waals surface area contributed by atoms with E-state index < -0.39 is 0 Å². The summed E-state index contributed by atoms with van der Waals surface area (Å²) >= 11 is 3.51. The van der Waals surface area contributed by atoms with Gasteiger partial charge in [-0.05, 0) is 61.1 Å². The highest BCUT2D eigenvalue weighted by Gasteiger charge is 2.07. The van der Waals surface area contributed by atoms with Crippen molar-refractivity contribution in [2.45, 2.75) is 25.7 Å². The van der Waals surface area contributed by atoms with E-state index in [1.807, 2.05) is 12.1 Å². The zero-order valence-corrected chi connectivity index (χ0v) is 13.6. The summed E-state index contributed by atoms with van der Waals surface area (Å²) in [5, 5.41) is 19.0. The fourth-order valence-electron chi connectivity index (χ4n) is 2.25. The summed E-state index contributed by atoms with van der Waals surface area (Å²) in [7, 11) is 1.54. The Hall–Kier alpha value is -1.68. The Labute approximate surface area is 133 Å². The average Bonchev–Trinajstić information content (AvgIpc) is 2.48. The molecule has 0 saturated carbocycles. The number of aryl methyl sites for hydroxylation is 2. The van der Waals surface area contributed by atoms with Gasteiger partial charge in [0.05, 0.1) is 7.11 Å². The molecule has 2 aromatic rings. The molecule has 0 amide bonds. The van der Waals surface area contributed by atoms with E-state index in [0.717, 1.165) is 35.7 Å². The Morgan fingerprint density at radius 3 is 2.33 bits per heavy atom. The average molecular weight is 351 g/mol. The number of phenols is 2. The molecule has 0 unspecified atom stereocenters. The number of benzene rings is 2.